The van der Waals surface area contributed by atoms with Crippen LogP contribution in [0.2, 0.25) is 0 Å². The molecule has 2 amide bonds. The second kappa shape index (κ2) is 5.27. The van der Waals surface area contributed by atoms with E-state index in [1.54, 1.807) is 11.9 Å². The van der Waals surface area contributed by atoms with Gasteiger partial charge in [-0.25, -0.2) is 0 Å². The van der Waals surface area contributed by atoms with E-state index < -0.39 is 5.41 Å². The van der Waals surface area contributed by atoms with E-state index in [0.29, 0.717) is 13.0 Å². The fourth-order valence-electron chi connectivity index (χ4n) is 2.69. The number of aryl methyl sites for hydroxylation is 1. The summed E-state index contributed by atoms with van der Waals surface area (Å²) in [7, 11) is 1.76. The molecule has 4 nitrogen and oxygen atoms in total. The maximum absolute atomic E-state index is 12.5. The van der Waals surface area contributed by atoms with E-state index in [1.165, 1.54) is 0 Å². The van der Waals surface area contributed by atoms with E-state index in [1.807, 2.05) is 45.0 Å². The van der Waals surface area contributed by atoms with Crippen molar-refractivity contribution >= 4 is 11.8 Å². The molecule has 1 aromatic carbocycles. The molecule has 1 aliphatic rings. The summed E-state index contributed by atoms with van der Waals surface area (Å²) >= 11 is 0. The van der Waals surface area contributed by atoms with Crippen molar-refractivity contribution in [3.05, 3.63) is 35.4 Å². The molecule has 0 aliphatic carbocycles. The number of benzene rings is 1. The third-order valence-corrected chi connectivity index (χ3v) is 4.12. The molecule has 4 heteroatoms. The first-order valence-electron chi connectivity index (χ1n) is 6.96. The zero-order valence-corrected chi connectivity index (χ0v) is 12.6. The summed E-state index contributed by atoms with van der Waals surface area (Å²) in [6.45, 7) is 6.50. The van der Waals surface area contributed by atoms with Crippen LogP contribution in [0.4, 0.5) is 0 Å². The van der Waals surface area contributed by atoms with Gasteiger partial charge in [0.05, 0.1) is 5.41 Å². The van der Waals surface area contributed by atoms with Crippen LogP contribution in [0.3, 0.4) is 0 Å². The Morgan fingerprint density at radius 2 is 2.00 bits per heavy atom. The fourth-order valence-corrected chi connectivity index (χ4v) is 2.69. The highest BCUT2D eigenvalue weighted by atomic mass is 16.2. The quantitative estimate of drug-likeness (QED) is 0.910. The van der Waals surface area contributed by atoms with Crippen LogP contribution in [-0.2, 0) is 15.0 Å². The topological polar surface area (TPSA) is 49.4 Å². The number of carbonyl (C=O) groups excluding carboxylic acids is 2. The molecule has 0 bridgehead atoms. The number of nitrogens with zero attached hydrogens (tertiary/aromatic N) is 1. The first-order chi connectivity index (χ1) is 9.34. The van der Waals surface area contributed by atoms with Gasteiger partial charge < -0.3 is 10.2 Å². The van der Waals surface area contributed by atoms with Crippen molar-refractivity contribution in [2.45, 2.75) is 38.6 Å². The minimum absolute atomic E-state index is 0.000987. The van der Waals surface area contributed by atoms with Crippen LogP contribution in [0, 0.1) is 6.92 Å². The number of amides is 2. The second-order valence-electron chi connectivity index (χ2n) is 6.01. The predicted octanol–water partition coefficient (Wildman–Crippen LogP) is 1.62. The number of hydrogen-bond donors (Lipinski definition) is 1. The highest BCUT2D eigenvalue weighted by Crippen LogP contribution is 2.27. The first kappa shape index (κ1) is 14.6. The van der Waals surface area contributed by atoms with Crippen LogP contribution < -0.4 is 5.32 Å². The molecule has 1 saturated heterocycles. The van der Waals surface area contributed by atoms with Crippen molar-refractivity contribution in [3.63, 3.8) is 0 Å². The molecule has 1 heterocycles. The molecule has 0 unspecified atom stereocenters. The van der Waals surface area contributed by atoms with Crippen molar-refractivity contribution in [3.8, 4) is 0 Å². The van der Waals surface area contributed by atoms with Crippen LogP contribution in [0.25, 0.3) is 0 Å². The van der Waals surface area contributed by atoms with Gasteiger partial charge in [-0.05, 0) is 38.3 Å². The maximum Gasteiger partial charge on any atom is 0.244 e. The lowest BCUT2D eigenvalue weighted by Crippen LogP contribution is -2.48. The summed E-state index contributed by atoms with van der Waals surface area (Å²) in [4.78, 5) is 26.1. The smallest absolute Gasteiger partial charge is 0.244 e. The van der Waals surface area contributed by atoms with Gasteiger partial charge in [0.25, 0.3) is 0 Å². The molecule has 0 radical (unpaired) electrons. The average Bonchev–Trinajstić information content (AvgIpc) is 2.71. The number of likely N-dealkylation sites (N-methyl/N-ethyl adjacent to an activating group) is 1. The number of nitrogens with one attached hydrogen (secondary N) is 1. The summed E-state index contributed by atoms with van der Waals surface area (Å²) < 4.78 is 0. The van der Waals surface area contributed by atoms with E-state index in [0.717, 1.165) is 11.1 Å². The van der Waals surface area contributed by atoms with E-state index in [-0.39, 0.29) is 17.9 Å². The molecule has 1 N–H and O–H groups in total. The van der Waals surface area contributed by atoms with Crippen molar-refractivity contribution in [1.82, 2.24) is 10.2 Å². The highest BCUT2D eigenvalue weighted by molar-refractivity contribution is 5.93. The Morgan fingerprint density at radius 1 is 1.35 bits per heavy atom. The van der Waals surface area contributed by atoms with Crippen LogP contribution >= 0.6 is 0 Å². The van der Waals surface area contributed by atoms with Crippen molar-refractivity contribution in [2.75, 3.05) is 13.6 Å². The Kier molecular flexibility index (Phi) is 3.84. The van der Waals surface area contributed by atoms with Gasteiger partial charge in [0, 0.05) is 13.6 Å². The van der Waals surface area contributed by atoms with Gasteiger partial charge >= 0.3 is 0 Å². The van der Waals surface area contributed by atoms with Gasteiger partial charge in [0.2, 0.25) is 11.8 Å². The van der Waals surface area contributed by atoms with Gasteiger partial charge in [0.1, 0.15) is 6.04 Å². The number of likely N-dealkylation sites (tertiary alicyclic amines) is 1. The highest BCUT2D eigenvalue weighted by Gasteiger charge is 2.36. The summed E-state index contributed by atoms with van der Waals surface area (Å²) in [6.07, 6.45) is 0.685. The lowest BCUT2D eigenvalue weighted by Gasteiger charge is -2.27. The zero-order chi connectivity index (χ0) is 14.9. The number of rotatable bonds is 3. The monoisotopic (exact) mass is 274 g/mol. The Labute approximate surface area is 120 Å². The van der Waals surface area contributed by atoms with Crippen LogP contribution in [0.15, 0.2) is 24.3 Å². The van der Waals surface area contributed by atoms with Gasteiger partial charge in [-0.2, -0.15) is 0 Å². The summed E-state index contributed by atoms with van der Waals surface area (Å²) in [5.41, 5.74) is 1.44. The average molecular weight is 274 g/mol. The summed E-state index contributed by atoms with van der Waals surface area (Å²) in [5, 5.41) is 2.89. The van der Waals surface area contributed by atoms with E-state index in [4.69, 9.17) is 0 Å². The van der Waals surface area contributed by atoms with Gasteiger partial charge in [0.15, 0.2) is 0 Å². The SMILES string of the molecule is Cc1ccccc1C(C)(C)C(=O)N[C@H]1CCN(C)C1=O. The lowest BCUT2D eigenvalue weighted by molar-refractivity contribution is -0.133. The Morgan fingerprint density at radius 3 is 2.55 bits per heavy atom. The van der Waals surface area contributed by atoms with Gasteiger partial charge in [-0.3, -0.25) is 9.59 Å². The minimum Gasteiger partial charge on any atom is -0.344 e. The summed E-state index contributed by atoms with van der Waals surface area (Å²) in [5.74, 6) is -0.0978. The third-order valence-electron chi connectivity index (χ3n) is 4.12. The predicted molar refractivity (Wildman–Crippen MR) is 78.4 cm³/mol. The molecule has 0 spiro atoms. The van der Waals surface area contributed by atoms with E-state index >= 15 is 0 Å². The number of hydrogen-bond acceptors (Lipinski definition) is 2. The van der Waals surface area contributed by atoms with Gasteiger partial charge in [-0.15, -0.1) is 0 Å². The maximum atomic E-state index is 12.5. The minimum atomic E-state index is -0.646. The Bertz CT molecular complexity index is 537. The molecule has 1 aliphatic heterocycles. The molecule has 0 aromatic heterocycles. The Balaban J connectivity index is 2.16. The Hall–Kier alpha value is -1.84. The van der Waals surface area contributed by atoms with Crippen molar-refractivity contribution in [2.24, 2.45) is 0 Å². The molecule has 1 aromatic rings. The van der Waals surface area contributed by atoms with Crippen LogP contribution in [-0.4, -0.2) is 36.3 Å². The molecular formula is C16H22N2O2. The summed E-state index contributed by atoms with van der Waals surface area (Å²) in [6, 6.07) is 7.49. The van der Waals surface area contributed by atoms with Crippen molar-refractivity contribution in [1.29, 1.82) is 0 Å². The van der Waals surface area contributed by atoms with E-state index in [9.17, 15) is 9.59 Å². The van der Waals surface area contributed by atoms with Gasteiger partial charge in [-0.1, -0.05) is 24.3 Å². The fraction of sp³-hybridized carbons (Fsp3) is 0.500. The van der Waals surface area contributed by atoms with Crippen LogP contribution in [0.5, 0.6) is 0 Å². The molecule has 2 rings (SSSR count). The zero-order valence-electron chi connectivity index (χ0n) is 12.6. The van der Waals surface area contributed by atoms with Crippen molar-refractivity contribution < 1.29 is 9.59 Å². The molecule has 1 fully saturated rings. The largest absolute Gasteiger partial charge is 0.344 e. The standard InChI is InChI=1S/C16H22N2O2/c1-11-7-5-6-8-12(11)16(2,3)15(20)17-13-9-10-18(4)14(13)19/h5-8,13H,9-10H2,1-4H3,(H,17,20)/t13-/m0/s1. The van der Waals surface area contributed by atoms with Crippen LogP contribution in [0.1, 0.15) is 31.4 Å². The van der Waals surface area contributed by atoms with E-state index in [2.05, 4.69) is 5.32 Å². The third kappa shape index (κ3) is 2.55. The first-order valence-corrected chi connectivity index (χ1v) is 6.96. The molecular weight excluding hydrogens is 252 g/mol. The molecule has 1 atom stereocenters. The molecule has 20 heavy (non-hydrogen) atoms. The molecule has 0 saturated carbocycles. The second-order valence-corrected chi connectivity index (χ2v) is 6.01. The normalized spacial score (nSPS) is 19.3. The number of carbonyl (C=O) groups is 2. The molecule has 108 valence electrons. The lowest BCUT2D eigenvalue weighted by atomic mass is 9.81.